The Morgan fingerprint density at radius 2 is 1.56 bits per heavy atom. The van der Waals surface area contributed by atoms with E-state index in [-0.39, 0.29) is 5.91 Å². The number of rotatable bonds is 3. The molecular weight excluding hydrogens is 224 g/mol. The van der Waals surface area contributed by atoms with Gasteiger partial charge in [0.25, 0.3) is 0 Å². The Bertz CT molecular complexity index is 300. The fraction of sp³-hybridized carbons (Fsp3) is 0.933. The number of likely N-dealkylation sites (tertiary alicyclic amines) is 1. The molecule has 0 bridgehead atoms. The largest absolute Gasteiger partial charge is 0.342 e. The van der Waals surface area contributed by atoms with E-state index in [1.54, 1.807) is 0 Å². The number of carbonyl (C=O) groups excluding carboxylic acids is 1. The van der Waals surface area contributed by atoms with Crippen LogP contribution in [0.5, 0.6) is 0 Å². The summed E-state index contributed by atoms with van der Waals surface area (Å²) in [6.45, 7) is 11.5. The van der Waals surface area contributed by atoms with Crippen LogP contribution in [0.3, 0.4) is 0 Å². The second-order valence-electron chi connectivity index (χ2n) is 7.05. The van der Waals surface area contributed by atoms with Crippen LogP contribution in [0.15, 0.2) is 0 Å². The molecular formula is C15H28N2O. The highest BCUT2D eigenvalue weighted by atomic mass is 16.2. The van der Waals surface area contributed by atoms with Crippen molar-refractivity contribution in [2.75, 3.05) is 19.6 Å². The van der Waals surface area contributed by atoms with E-state index in [1.165, 1.54) is 25.7 Å². The maximum Gasteiger partial charge on any atom is 0.236 e. The van der Waals surface area contributed by atoms with Crippen molar-refractivity contribution in [3.05, 3.63) is 0 Å². The molecule has 1 aliphatic carbocycles. The number of carbonyl (C=O) groups is 1. The lowest BCUT2D eigenvalue weighted by atomic mass is 10.0. The van der Waals surface area contributed by atoms with Crippen LogP contribution >= 0.6 is 0 Å². The van der Waals surface area contributed by atoms with Gasteiger partial charge in [0.1, 0.15) is 0 Å². The van der Waals surface area contributed by atoms with Crippen LogP contribution in [0.25, 0.3) is 0 Å². The molecule has 1 saturated heterocycles. The number of hydrogen-bond acceptors (Lipinski definition) is 2. The molecule has 1 aliphatic heterocycles. The molecule has 18 heavy (non-hydrogen) atoms. The van der Waals surface area contributed by atoms with Crippen molar-refractivity contribution in [3.63, 3.8) is 0 Å². The summed E-state index contributed by atoms with van der Waals surface area (Å²) in [5.74, 6) is 0.287. The van der Waals surface area contributed by atoms with Gasteiger partial charge >= 0.3 is 0 Å². The monoisotopic (exact) mass is 252 g/mol. The fourth-order valence-electron chi connectivity index (χ4n) is 3.33. The van der Waals surface area contributed by atoms with Crippen molar-refractivity contribution >= 4 is 5.91 Å². The topological polar surface area (TPSA) is 32.3 Å². The molecule has 1 heterocycles. The lowest BCUT2D eigenvalue weighted by Crippen LogP contribution is -2.40. The molecule has 2 aliphatic rings. The first kappa shape index (κ1) is 13.9. The summed E-state index contributed by atoms with van der Waals surface area (Å²) in [5.41, 5.74) is 0.623. The third-order valence-corrected chi connectivity index (χ3v) is 5.44. The van der Waals surface area contributed by atoms with Gasteiger partial charge in [-0.1, -0.05) is 40.5 Å². The van der Waals surface area contributed by atoms with Gasteiger partial charge in [0.05, 0.1) is 6.54 Å². The molecule has 2 fully saturated rings. The maximum atomic E-state index is 12.2. The van der Waals surface area contributed by atoms with Crippen LogP contribution in [0.4, 0.5) is 0 Å². The number of nitrogens with one attached hydrogen (secondary N) is 1. The van der Waals surface area contributed by atoms with E-state index in [0.29, 0.717) is 23.4 Å². The van der Waals surface area contributed by atoms with Gasteiger partial charge in [-0.15, -0.1) is 0 Å². The minimum absolute atomic E-state index is 0.287. The Labute approximate surface area is 111 Å². The Balaban J connectivity index is 1.79. The average molecular weight is 252 g/mol. The second-order valence-corrected chi connectivity index (χ2v) is 7.05. The summed E-state index contributed by atoms with van der Waals surface area (Å²) in [7, 11) is 0. The number of nitrogens with zero attached hydrogens (tertiary/aromatic N) is 1. The highest BCUT2D eigenvalue weighted by Crippen LogP contribution is 2.62. The Kier molecular flexibility index (Phi) is 3.72. The van der Waals surface area contributed by atoms with Gasteiger partial charge < -0.3 is 10.2 Å². The minimum Gasteiger partial charge on any atom is -0.342 e. The van der Waals surface area contributed by atoms with E-state index in [1.807, 2.05) is 4.90 Å². The summed E-state index contributed by atoms with van der Waals surface area (Å²) < 4.78 is 0. The predicted molar refractivity (Wildman–Crippen MR) is 74.4 cm³/mol. The van der Waals surface area contributed by atoms with Crippen molar-refractivity contribution in [1.82, 2.24) is 10.2 Å². The summed E-state index contributed by atoms with van der Waals surface area (Å²) in [5, 5.41) is 3.46. The minimum atomic E-state index is 0.287. The molecule has 1 N–H and O–H groups in total. The van der Waals surface area contributed by atoms with E-state index in [4.69, 9.17) is 0 Å². The fourth-order valence-corrected chi connectivity index (χ4v) is 3.33. The summed E-state index contributed by atoms with van der Waals surface area (Å²) in [4.78, 5) is 14.2. The van der Waals surface area contributed by atoms with Crippen molar-refractivity contribution < 1.29 is 4.79 Å². The van der Waals surface area contributed by atoms with Crippen LogP contribution in [-0.4, -0.2) is 36.5 Å². The third-order valence-electron chi connectivity index (χ3n) is 5.44. The number of amides is 1. The molecule has 1 amide bonds. The lowest BCUT2D eigenvalue weighted by molar-refractivity contribution is -0.130. The summed E-state index contributed by atoms with van der Waals surface area (Å²) in [6.07, 6.45) is 4.90. The van der Waals surface area contributed by atoms with Crippen molar-refractivity contribution in [2.45, 2.75) is 59.4 Å². The van der Waals surface area contributed by atoms with Crippen LogP contribution in [0.2, 0.25) is 0 Å². The molecule has 3 heteroatoms. The van der Waals surface area contributed by atoms with Gasteiger partial charge in [-0.25, -0.2) is 0 Å². The van der Waals surface area contributed by atoms with Gasteiger partial charge in [0.15, 0.2) is 0 Å². The zero-order chi connectivity index (χ0) is 13.4. The van der Waals surface area contributed by atoms with Gasteiger partial charge in [-0.3, -0.25) is 4.79 Å². The van der Waals surface area contributed by atoms with Crippen molar-refractivity contribution in [3.8, 4) is 0 Å². The molecule has 0 aromatic carbocycles. The van der Waals surface area contributed by atoms with E-state index in [9.17, 15) is 4.79 Å². The van der Waals surface area contributed by atoms with Gasteiger partial charge in [0, 0.05) is 19.1 Å². The smallest absolute Gasteiger partial charge is 0.236 e. The zero-order valence-electron chi connectivity index (χ0n) is 12.4. The Morgan fingerprint density at radius 1 is 1.06 bits per heavy atom. The molecule has 1 saturated carbocycles. The first-order valence-electron chi connectivity index (χ1n) is 7.38. The van der Waals surface area contributed by atoms with Gasteiger partial charge in [-0.05, 0) is 23.7 Å². The van der Waals surface area contributed by atoms with E-state index >= 15 is 0 Å². The molecule has 0 unspecified atom stereocenters. The highest BCUT2D eigenvalue weighted by molar-refractivity contribution is 5.78. The van der Waals surface area contributed by atoms with Crippen LogP contribution in [0, 0.1) is 10.8 Å². The lowest BCUT2D eigenvalue weighted by Gasteiger charge is -2.20. The van der Waals surface area contributed by atoms with Gasteiger partial charge in [-0.2, -0.15) is 0 Å². The molecule has 0 aromatic rings. The maximum absolute atomic E-state index is 12.2. The quantitative estimate of drug-likeness (QED) is 0.836. The average Bonchev–Trinajstić information content (AvgIpc) is 2.83. The van der Waals surface area contributed by atoms with Crippen LogP contribution in [0.1, 0.15) is 53.4 Å². The first-order chi connectivity index (χ1) is 8.37. The molecule has 0 spiro atoms. The van der Waals surface area contributed by atoms with E-state index in [0.717, 1.165) is 13.1 Å². The molecule has 104 valence electrons. The zero-order valence-corrected chi connectivity index (χ0v) is 12.4. The van der Waals surface area contributed by atoms with Crippen LogP contribution < -0.4 is 5.32 Å². The van der Waals surface area contributed by atoms with E-state index in [2.05, 4.69) is 33.0 Å². The predicted octanol–water partition coefficient (Wildman–Crippen LogP) is 2.41. The van der Waals surface area contributed by atoms with Crippen molar-refractivity contribution in [1.29, 1.82) is 0 Å². The molecule has 3 nitrogen and oxygen atoms in total. The second kappa shape index (κ2) is 4.84. The first-order valence-corrected chi connectivity index (χ1v) is 7.38. The Hall–Kier alpha value is -0.570. The van der Waals surface area contributed by atoms with E-state index < -0.39 is 0 Å². The van der Waals surface area contributed by atoms with Gasteiger partial charge in [0.2, 0.25) is 5.91 Å². The summed E-state index contributed by atoms with van der Waals surface area (Å²) >= 11 is 0. The Morgan fingerprint density at radius 3 is 2.00 bits per heavy atom. The normalized spacial score (nSPS) is 26.8. The standard InChI is InChI=1S/C15H28N2O/c1-14(2)13(15(14,3)4)16-11-12(18)17-9-7-5-6-8-10-17/h13,16H,5-11H2,1-4H3. The van der Waals surface area contributed by atoms with Crippen LogP contribution in [-0.2, 0) is 4.79 Å². The molecule has 0 radical (unpaired) electrons. The molecule has 2 rings (SSSR count). The molecule has 0 atom stereocenters. The summed E-state index contributed by atoms with van der Waals surface area (Å²) in [6, 6.07) is 0.473. The third kappa shape index (κ3) is 2.42. The number of hydrogen-bond donors (Lipinski definition) is 1. The van der Waals surface area contributed by atoms with Crippen molar-refractivity contribution in [2.24, 2.45) is 10.8 Å². The SMILES string of the molecule is CC1(C)C(NCC(=O)N2CCCCCC2)C1(C)C. The highest BCUT2D eigenvalue weighted by Gasteiger charge is 2.64. The molecule has 0 aromatic heterocycles.